The van der Waals surface area contributed by atoms with Crippen molar-refractivity contribution in [3.05, 3.63) is 70.9 Å². The summed E-state index contributed by atoms with van der Waals surface area (Å²) >= 11 is 1.51. The molecule has 0 bridgehead atoms. The molecule has 0 saturated carbocycles. The standard InChI is InChI=1S/C24H24N2O5S/c1-15-21(23(28)31-14-16-7-5-4-6-8-16)22(26-20(27)11-12-32-24(26)25-15)17-9-10-18(29-2)19(13-17)30-3/h4-10,13,22H,11-12,14H2,1-3H3/t22-/m0/s1. The summed E-state index contributed by atoms with van der Waals surface area (Å²) in [6.07, 6.45) is 0.374. The van der Waals surface area contributed by atoms with Crippen LogP contribution in [0.15, 0.2) is 64.8 Å². The van der Waals surface area contributed by atoms with Gasteiger partial charge in [-0.1, -0.05) is 48.2 Å². The van der Waals surface area contributed by atoms with Crippen molar-refractivity contribution < 1.29 is 23.8 Å². The van der Waals surface area contributed by atoms with Crippen LogP contribution in [0.5, 0.6) is 11.5 Å². The van der Waals surface area contributed by atoms with Gasteiger partial charge in [0.2, 0.25) is 5.91 Å². The van der Waals surface area contributed by atoms with Crippen LogP contribution in [0.25, 0.3) is 0 Å². The minimum Gasteiger partial charge on any atom is -0.493 e. The first-order valence-electron chi connectivity index (χ1n) is 10.2. The van der Waals surface area contributed by atoms with Crippen LogP contribution in [0.4, 0.5) is 0 Å². The number of carbonyl (C=O) groups excluding carboxylic acids is 2. The molecule has 2 aromatic carbocycles. The fourth-order valence-corrected chi connectivity index (χ4v) is 4.80. The Labute approximate surface area is 191 Å². The van der Waals surface area contributed by atoms with Crippen molar-refractivity contribution in [2.45, 2.75) is 26.0 Å². The lowest BCUT2D eigenvalue weighted by molar-refractivity contribution is -0.141. The van der Waals surface area contributed by atoms with Crippen LogP contribution in [0, 0.1) is 0 Å². The maximum absolute atomic E-state index is 13.3. The monoisotopic (exact) mass is 452 g/mol. The van der Waals surface area contributed by atoms with E-state index in [0.29, 0.717) is 40.1 Å². The fourth-order valence-electron chi connectivity index (χ4n) is 3.80. The molecule has 1 saturated heterocycles. The third kappa shape index (κ3) is 4.23. The Hall–Kier alpha value is -3.26. The Morgan fingerprint density at radius 2 is 1.88 bits per heavy atom. The van der Waals surface area contributed by atoms with Crippen molar-refractivity contribution in [1.82, 2.24) is 4.90 Å². The lowest BCUT2D eigenvalue weighted by Crippen LogP contribution is -2.45. The van der Waals surface area contributed by atoms with E-state index in [2.05, 4.69) is 4.99 Å². The maximum atomic E-state index is 13.3. The molecule has 0 spiro atoms. The average molecular weight is 453 g/mol. The first-order valence-corrected chi connectivity index (χ1v) is 11.2. The van der Waals surface area contributed by atoms with Crippen molar-refractivity contribution in [3.8, 4) is 11.5 Å². The van der Waals surface area contributed by atoms with Gasteiger partial charge in [-0.15, -0.1) is 0 Å². The summed E-state index contributed by atoms with van der Waals surface area (Å²) in [4.78, 5) is 32.4. The quantitative estimate of drug-likeness (QED) is 0.614. The smallest absolute Gasteiger partial charge is 0.338 e. The lowest BCUT2D eigenvalue weighted by atomic mass is 9.93. The van der Waals surface area contributed by atoms with Crippen molar-refractivity contribution >= 4 is 28.8 Å². The molecule has 2 aliphatic rings. The van der Waals surface area contributed by atoms with Crippen molar-refractivity contribution in [3.63, 3.8) is 0 Å². The van der Waals surface area contributed by atoms with Gasteiger partial charge < -0.3 is 14.2 Å². The number of thioether (sulfide) groups is 1. The Balaban J connectivity index is 1.75. The number of methoxy groups -OCH3 is 2. The van der Waals surface area contributed by atoms with Gasteiger partial charge in [0.15, 0.2) is 16.7 Å². The van der Waals surface area contributed by atoms with E-state index < -0.39 is 12.0 Å². The molecule has 2 heterocycles. The van der Waals surface area contributed by atoms with Crippen LogP contribution < -0.4 is 9.47 Å². The zero-order valence-electron chi connectivity index (χ0n) is 18.2. The molecule has 166 valence electrons. The molecule has 1 amide bonds. The van der Waals surface area contributed by atoms with E-state index in [0.717, 1.165) is 11.1 Å². The number of rotatable bonds is 6. The highest BCUT2D eigenvalue weighted by molar-refractivity contribution is 8.14. The Bertz CT molecular complexity index is 1100. The van der Waals surface area contributed by atoms with Crippen LogP contribution in [-0.2, 0) is 20.9 Å². The Morgan fingerprint density at radius 1 is 1.12 bits per heavy atom. The second-order valence-electron chi connectivity index (χ2n) is 7.33. The number of allylic oxidation sites excluding steroid dienone is 1. The normalized spacial score (nSPS) is 18.1. The van der Waals surface area contributed by atoms with E-state index in [1.54, 1.807) is 38.2 Å². The molecular formula is C24H24N2O5S. The number of esters is 1. The van der Waals surface area contributed by atoms with E-state index in [1.165, 1.54) is 11.8 Å². The van der Waals surface area contributed by atoms with Gasteiger partial charge in [-0.3, -0.25) is 9.69 Å². The highest BCUT2D eigenvalue weighted by atomic mass is 32.2. The Morgan fingerprint density at radius 3 is 2.59 bits per heavy atom. The van der Waals surface area contributed by atoms with Gasteiger partial charge in [-0.2, -0.15) is 0 Å². The van der Waals surface area contributed by atoms with Gasteiger partial charge in [-0.05, 0) is 30.2 Å². The number of amides is 1. The van der Waals surface area contributed by atoms with Gasteiger partial charge in [0.25, 0.3) is 0 Å². The number of aliphatic imine (C=N–C) groups is 1. The largest absolute Gasteiger partial charge is 0.493 e. The zero-order valence-corrected chi connectivity index (χ0v) is 19.0. The molecule has 8 heteroatoms. The van der Waals surface area contributed by atoms with Gasteiger partial charge in [-0.25, -0.2) is 9.79 Å². The van der Waals surface area contributed by atoms with Gasteiger partial charge in [0, 0.05) is 12.2 Å². The van der Waals surface area contributed by atoms with Crippen LogP contribution in [0.3, 0.4) is 0 Å². The lowest BCUT2D eigenvalue weighted by Gasteiger charge is -2.39. The summed E-state index contributed by atoms with van der Waals surface area (Å²) < 4.78 is 16.5. The average Bonchev–Trinajstić information content (AvgIpc) is 2.82. The minimum atomic E-state index is -0.661. The number of ether oxygens (including phenoxy) is 3. The SMILES string of the molecule is COc1ccc([C@H]2C(C(=O)OCc3ccccc3)=C(C)N=C3SCCC(=O)N32)cc1OC. The minimum absolute atomic E-state index is 0.0804. The van der Waals surface area contributed by atoms with Gasteiger partial charge >= 0.3 is 5.97 Å². The van der Waals surface area contributed by atoms with E-state index in [-0.39, 0.29) is 12.5 Å². The molecule has 1 fully saturated rings. The highest BCUT2D eigenvalue weighted by Crippen LogP contribution is 2.42. The van der Waals surface area contributed by atoms with Gasteiger partial charge in [0.05, 0.1) is 31.5 Å². The molecule has 0 aromatic heterocycles. The first kappa shape index (κ1) is 22.0. The Kier molecular flexibility index (Phi) is 6.50. The van der Waals surface area contributed by atoms with E-state index in [1.807, 2.05) is 36.4 Å². The zero-order chi connectivity index (χ0) is 22.7. The van der Waals surface area contributed by atoms with E-state index >= 15 is 0 Å². The number of carbonyl (C=O) groups is 2. The molecule has 0 unspecified atom stereocenters. The third-order valence-corrected chi connectivity index (χ3v) is 6.32. The topological polar surface area (TPSA) is 77.4 Å². The van der Waals surface area contributed by atoms with E-state index in [9.17, 15) is 9.59 Å². The highest BCUT2D eigenvalue weighted by Gasteiger charge is 2.42. The maximum Gasteiger partial charge on any atom is 0.338 e. The number of hydrogen-bond donors (Lipinski definition) is 0. The van der Waals surface area contributed by atoms with Crippen LogP contribution in [-0.4, -0.2) is 41.9 Å². The predicted molar refractivity (Wildman–Crippen MR) is 123 cm³/mol. The molecule has 2 aromatic rings. The summed E-state index contributed by atoms with van der Waals surface area (Å²) in [6.45, 7) is 1.91. The fraction of sp³-hybridized carbons (Fsp3) is 0.292. The number of amidine groups is 1. The molecule has 2 aliphatic heterocycles. The van der Waals surface area contributed by atoms with Crippen LogP contribution in [0.2, 0.25) is 0 Å². The summed E-state index contributed by atoms with van der Waals surface area (Å²) in [6, 6.07) is 14.2. The van der Waals surface area contributed by atoms with Crippen molar-refractivity contribution in [2.75, 3.05) is 20.0 Å². The first-order chi connectivity index (χ1) is 15.5. The van der Waals surface area contributed by atoms with Crippen LogP contribution in [0.1, 0.15) is 30.5 Å². The molecule has 1 atom stereocenters. The molecule has 7 nitrogen and oxygen atoms in total. The van der Waals surface area contributed by atoms with Gasteiger partial charge in [0.1, 0.15) is 6.61 Å². The molecule has 4 rings (SSSR count). The second kappa shape index (κ2) is 9.48. The molecule has 0 radical (unpaired) electrons. The molecular weight excluding hydrogens is 428 g/mol. The number of benzene rings is 2. The predicted octanol–water partition coefficient (Wildman–Crippen LogP) is 4.10. The summed E-state index contributed by atoms with van der Waals surface area (Å²) in [7, 11) is 3.11. The van der Waals surface area contributed by atoms with Crippen molar-refractivity contribution in [2.24, 2.45) is 4.99 Å². The number of hydrogen-bond acceptors (Lipinski definition) is 7. The number of fused-ring (bicyclic) bond motifs is 1. The number of nitrogens with zero attached hydrogens (tertiary/aromatic N) is 2. The summed E-state index contributed by atoms with van der Waals surface area (Å²) in [5.74, 6) is 1.16. The van der Waals surface area contributed by atoms with E-state index in [4.69, 9.17) is 14.2 Å². The molecule has 0 aliphatic carbocycles. The second-order valence-corrected chi connectivity index (χ2v) is 8.40. The van der Waals surface area contributed by atoms with Crippen LogP contribution >= 0.6 is 11.8 Å². The molecule has 0 N–H and O–H groups in total. The van der Waals surface area contributed by atoms with Crippen molar-refractivity contribution in [1.29, 1.82) is 0 Å². The summed E-state index contributed by atoms with van der Waals surface area (Å²) in [5.41, 5.74) is 2.48. The third-order valence-electron chi connectivity index (χ3n) is 5.36. The molecule has 32 heavy (non-hydrogen) atoms. The summed E-state index contributed by atoms with van der Waals surface area (Å²) in [5, 5.41) is 0.596.